The number of aromatic amines is 1. The Morgan fingerprint density at radius 1 is 1.04 bits per heavy atom. The van der Waals surface area contributed by atoms with Crippen LogP contribution in [0.1, 0.15) is 38.8 Å². The summed E-state index contributed by atoms with van der Waals surface area (Å²) in [6, 6.07) is 3.08. The SMILES string of the molecule is CC(=O)Nc1cc(C)c(C)cc1-c1c(C(=O)O)c(N)[nH]c(=O)c1C(=O)O. The Bertz CT molecular complexity index is 1010. The molecule has 0 radical (unpaired) electrons. The van der Waals surface area contributed by atoms with Crippen molar-refractivity contribution in [3.63, 3.8) is 0 Å². The van der Waals surface area contributed by atoms with Gasteiger partial charge in [0.05, 0.1) is 0 Å². The lowest BCUT2D eigenvalue weighted by molar-refractivity contribution is -0.114. The number of aryl methyl sites for hydroxylation is 2. The van der Waals surface area contributed by atoms with E-state index in [1.165, 1.54) is 13.0 Å². The van der Waals surface area contributed by atoms with E-state index in [1.807, 2.05) is 4.98 Å². The predicted molar refractivity (Wildman–Crippen MR) is 94.6 cm³/mol. The van der Waals surface area contributed by atoms with Gasteiger partial charge >= 0.3 is 11.9 Å². The molecule has 1 heterocycles. The van der Waals surface area contributed by atoms with E-state index < -0.39 is 40.3 Å². The number of nitrogen functional groups attached to an aromatic ring is 1. The highest BCUT2D eigenvalue weighted by molar-refractivity contribution is 6.10. The summed E-state index contributed by atoms with van der Waals surface area (Å²) in [6.07, 6.45) is 0. The van der Waals surface area contributed by atoms with Crippen molar-refractivity contribution in [1.82, 2.24) is 4.98 Å². The monoisotopic (exact) mass is 359 g/mol. The summed E-state index contributed by atoms with van der Waals surface area (Å²) in [6.45, 7) is 4.75. The van der Waals surface area contributed by atoms with Gasteiger partial charge in [0.25, 0.3) is 5.56 Å². The summed E-state index contributed by atoms with van der Waals surface area (Å²) in [7, 11) is 0. The van der Waals surface area contributed by atoms with Gasteiger partial charge in [-0.05, 0) is 37.1 Å². The number of anilines is 2. The molecule has 2 rings (SSSR count). The fourth-order valence-corrected chi connectivity index (χ4v) is 2.63. The molecule has 0 bridgehead atoms. The van der Waals surface area contributed by atoms with Crippen LogP contribution < -0.4 is 16.6 Å². The van der Waals surface area contributed by atoms with Crippen LogP contribution in [0.25, 0.3) is 11.1 Å². The molecule has 136 valence electrons. The molecule has 9 nitrogen and oxygen atoms in total. The Labute approximate surface area is 147 Å². The molecule has 0 fully saturated rings. The number of carboxylic acid groups (broad SMARTS) is 2. The number of carbonyl (C=O) groups excluding carboxylic acids is 1. The van der Waals surface area contributed by atoms with Gasteiger partial charge in [-0.15, -0.1) is 0 Å². The van der Waals surface area contributed by atoms with Crippen LogP contribution >= 0.6 is 0 Å². The van der Waals surface area contributed by atoms with Crippen molar-refractivity contribution in [2.45, 2.75) is 20.8 Å². The average molecular weight is 359 g/mol. The zero-order chi connectivity index (χ0) is 19.8. The maximum absolute atomic E-state index is 12.1. The van der Waals surface area contributed by atoms with E-state index >= 15 is 0 Å². The molecule has 0 spiro atoms. The minimum Gasteiger partial charge on any atom is -0.478 e. The third kappa shape index (κ3) is 3.27. The molecule has 0 unspecified atom stereocenters. The van der Waals surface area contributed by atoms with Crippen molar-refractivity contribution in [3.05, 3.63) is 44.7 Å². The average Bonchev–Trinajstić information content (AvgIpc) is 2.48. The maximum Gasteiger partial charge on any atom is 0.342 e. The van der Waals surface area contributed by atoms with E-state index in [1.54, 1.807) is 19.9 Å². The molecule has 9 heteroatoms. The van der Waals surface area contributed by atoms with E-state index in [9.17, 15) is 29.4 Å². The number of benzene rings is 1. The van der Waals surface area contributed by atoms with Gasteiger partial charge in [0, 0.05) is 23.7 Å². The summed E-state index contributed by atoms with van der Waals surface area (Å²) in [5, 5.41) is 21.5. The molecular formula is C17H17N3O6. The van der Waals surface area contributed by atoms with Crippen molar-refractivity contribution in [2.24, 2.45) is 0 Å². The molecule has 1 aromatic heterocycles. The number of aromatic nitrogens is 1. The maximum atomic E-state index is 12.1. The lowest BCUT2D eigenvalue weighted by atomic mass is 9.91. The van der Waals surface area contributed by atoms with E-state index in [4.69, 9.17) is 5.73 Å². The molecule has 1 aromatic carbocycles. The number of pyridine rings is 1. The highest BCUT2D eigenvalue weighted by Crippen LogP contribution is 2.36. The van der Waals surface area contributed by atoms with Crippen LogP contribution in [0.3, 0.4) is 0 Å². The summed E-state index contributed by atoms with van der Waals surface area (Å²) < 4.78 is 0. The quantitative estimate of drug-likeness (QED) is 0.553. The molecule has 2 aromatic rings. The smallest absolute Gasteiger partial charge is 0.342 e. The number of nitrogens with two attached hydrogens (primary N) is 1. The van der Waals surface area contributed by atoms with Crippen molar-refractivity contribution < 1.29 is 24.6 Å². The second-order valence-corrected chi connectivity index (χ2v) is 5.77. The van der Waals surface area contributed by atoms with E-state index in [0.29, 0.717) is 5.56 Å². The highest BCUT2D eigenvalue weighted by atomic mass is 16.4. The Balaban J connectivity index is 3.07. The van der Waals surface area contributed by atoms with E-state index in [-0.39, 0.29) is 16.8 Å². The van der Waals surface area contributed by atoms with Gasteiger partial charge in [0.2, 0.25) is 5.91 Å². The van der Waals surface area contributed by atoms with Crippen molar-refractivity contribution in [1.29, 1.82) is 0 Å². The normalized spacial score (nSPS) is 10.4. The number of hydrogen-bond acceptors (Lipinski definition) is 5. The molecule has 1 amide bonds. The largest absolute Gasteiger partial charge is 0.478 e. The first-order valence-corrected chi connectivity index (χ1v) is 7.46. The van der Waals surface area contributed by atoms with Crippen molar-refractivity contribution in [2.75, 3.05) is 11.1 Å². The molecule has 0 aliphatic heterocycles. The number of hydrogen-bond donors (Lipinski definition) is 5. The fourth-order valence-electron chi connectivity index (χ4n) is 2.63. The van der Waals surface area contributed by atoms with Gasteiger partial charge in [-0.3, -0.25) is 9.59 Å². The van der Waals surface area contributed by atoms with Gasteiger partial charge in [-0.2, -0.15) is 0 Å². The minimum atomic E-state index is -1.62. The number of H-pyrrole nitrogens is 1. The number of rotatable bonds is 4. The Morgan fingerprint density at radius 3 is 2.08 bits per heavy atom. The highest BCUT2D eigenvalue weighted by Gasteiger charge is 2.28. The van der Waals surface area contributed by atoms with Crippen molar-refractivity contribution in [3.8, 4) is 11.1 Å². The molecule has 0 aliphatic carbocycles. The lowest BCUT2D eigenvalue weighted by Crippen LogP contribution is -2.24. The van der Waals surface area contributed by atoms with Crippen LogP contribution in [0.4, 0.5) is 11.5 Å². The fraction of sp³-hybridized carbons (Fsp3) is 0.176. The summed E-state index contributed by atoms with van der Waals surface area (Å²) >= 11 is 0. The predicted octanol–water partition coefficient (Wildman–Crippen LogP) is 1.60. The second kappa shape index (κ2) is 6.71. The van der Waals surface area contributed by atoms with Crippen LogP contribution in [0.5, 0.6) is 0 Å². The van der Waals surface area contributed by atoms with Gasteiger partial charge in [0.1, 0.15) is 16.9 Å². The molecule has 26 heavy (non-hydrogen) atoms. The molecule has 0 saturated carbocycles. The third-order valence-corrected chi connectivity index (χ3v) is 3.89. The van der Waals surface area contributed by atoms with Gasteiger partial charge in [0.15, 0.2) is 0 Å². The van der Waals surface area contributed by atoms with Crippen LogP contribution in [0, 0.1) is 13.8 Å². The number of nitrogens with one attached hydrogen (secondary N) is 2. The Morgan fingerprint density at radius 2 is 1.58 bits per heavy atom. The van der Waals surface area contributed by atoms with Crippen LogP contribution in [0.2, 0.25) is 0 Å². The molecule has 0 saturated heterocycles. The standard InChI is InChI=1S/C17H17N3O6/c1-6-4-9(10(5-7(6)2)19-8(3)21)11-12(16(23)24)14(18)20-15(22)13(11)17(25)26/h4-5H,1-3H3,(H,19,21)(H,23,24)(H,25,26)(H3,18,20,22). The van der Waals surface area contributed by atoms with Gasteiger partial charge in [-0.25, -0.2) is 9.59 Å². The van der Waals surface area contributed by atoms with E-state index in [2.05, 4.69) is 5.32 Å². The Kier molecular flexibility index (Phi) is 4.83. The summed E-state index contributed by atoms with van der Waals surface area (Å²) in [5.41, 5.74) is 4.65. The van der Waals surface area contributed by atoms with Gasteiger partial charge in [-0.1, -0.05) is 0 Å². The first kappa shape index (κ1) is 18.7. The first-order chi connectivity index (χ1) is 12.0. The molecular weight excluding hydrogens is 342 g/mol. The van der Waals surface area contributed by atoms with E-state index in [0.717, 1.165) is 5.56 Å². The van der Waals surface area contributed by atoms with Crippen molar-refractivity contribution >= 4 is 29.4 Å². The topological polar surface area (TPSA) is 163 Å². The summed E-state index contributed by atoms with van der Waals surface area (Å²) in [5.74, 6) is -4.05. The zero-order valence-corrected chi connectivity index (χ0v) is 14.3. The first-order valence-electron chi connectivity index (χ1n) is 7.46. The van der Waals surface area contributed by atoms with Crippen LogP contribution in [0.15, 0.2) is 16.9 Å². The number of carboxylic acids is 2. The summed E-state index contributed by atoms with van der Waals surface area (Å²) in [4.78, 5) is 49.1. The Hall–Kier alpha value is -3.62. The third-order valence-electron chi connectivity index (χ3n) is 3.89. The lowest BCUT2D eigenvalue weighted by Gasteiger charge is -2.17. The zero-order valence-electron chi connectivity index (χ0n) is 14.3. The molecule has 6 N–H and O–H groups in total. The molecule has 0 atom stereocenters. The second-order valence-electron chi connectivity index (χ2n) is 5.77. The van der Waals surface area contributed by atoms with Crippen LogP contribution in [-0.2, 0) is 4.79 Å². The number of aromatic carboxylic acids is 2. The molecule has 0 aliphatic rings. The van der Waals surface area contributed by atoms with Crippen LogP contribution in [-0.4, -0.2) is 33.0 Å². The number of carbonyl (C=O) groups is 3. The van der Waals surface area contributed by atoms with Gasteiger partial charge < -0.3 is 26.2 Å². The number of amides is 1. The minimum absolute atomic E-state index is 0.0795.